The third-order valence-corrected chi connectivity index (χ3v) is 1.80. The summed E-state index contributed by atoms with van der Waals surface area (Å²) in [4.78, 5) is 0. The third-order valence-electron chi connectivity index (χ3n) is 0.815. The number of thioether (sulfide) groups is 1. The summed E-state index contributed by atoms with van der Waals surface area (Å²) in [5, 5.41) is 6.49. The fraction of sp³-hybridized carbons (Fsp3) is 1.00. The first kappa shape index (κ1) is 9.10. The van der Waals surface area contributed by atoms with Gasteiger partial charge in [-0.2, -0.15) is 24.9 Å². The fourth-order valence-corrected chi connectivity index (χ4v) is 0.728. The first-order chi connectivity index (χ1) is 4.02. The van der Waals surface area contributed by atoms with Crippen molar-refractivity contribution in [2.24, 2.45) is 0 Å². The van der Waals surface area contributed by atoms with Crippen molar-refractivity contribution in [3.8, 4) is 0 Å². The van der Waals surface area contributed by atoms with E-state index in [1.165, 1.54) is 6.26 Å². The van der Waals surface area contributed by atoms with Crippen molar-refractivity contribution in [3.63, 3.8) is 0 Å². The van der Waals surface area contributed by atoms with Gasteiger partial charge in [-0.3, -0.25) is 0 Å². The van der Waals surface area contributed by atoms with Crippen LogP contribution >= 0.6 is 11.8 Å². The number of hydrogen-bond donors (Lipinski definition) is 1. The van der Waals surface area contributed by atoms with Gasteiger partial charge in [-0.15, -0.1) is 0 Å². The van der Waals surface area contributed by atoms with Crippen LogP contribution in [-0.2, 0) is 0 Å². The maximum atomic E-state index is 11.5. The highest BCUT2D eigenvalue weighted by Gasteiger charge is 2.38. The van der Waals surface area contributed by atoms with Gasteiger partial charge in [-0.25, -0.2) is 0 Å². The highest BCUT2D eigenvalue weighted by atomic mass is 32.2. The molecule has 0 aliphatic heterocycles. The normalized spacial score (nSPS) is 15.7. The van der Waals surface area contributed by atoms with Crippen LogP contribution in [0.2, 0.25) is 0 Å². The number of rotatable bonds is 2. The first-order valence-corrected chi connectivity index (χ1v) is 3.51. The standard InChI is InChI=1S/C4H7F3OS/c1-9-3(2-8)4(5,6)7/h3,8H,2H2,1H3. The van der Waals surface area contributed by atoms with Crippen molar-refractivity contribution in [2.45, 2.75) is 11.4 Å². The molecule has 0 heterocycles. The molecule has 56 valence electrons. The van der Waals surface area contributed by atoms with E-state index in [1.54, 1.807) is 0 Å². The first-order valence-electron chi connectivity index (χ1n) is 2.22. The van der Waals surface area contributed by atoms with E-state index in [0.29, 0.717) is 11.8 Å². The van der Waals surface area contributed by atoms with E-state index in [9.17, 15) is 13.2 Å². The molecular formula is C4H7F3OS. The topological polar surface area (TPSA) is 20.2 Å². The zero-order valence-corrected chi connectivity index (χ0v) is 5.59. The molecule has 0 aromatic carbocycles. The molecule has 1 unspecified atom stereocenters. The van der Waals surface area contributed by atoms with E-state index in [-0.39, 0.29) is 0 Å². The number of hydrogen-bond acceptors (Lipinski definition) is 2. The Morgan fingerprint density at radius 1 is 1.56 bits per heavy atom. The summed E-state index contributed by atoms with van der Waals surface area (Å²) in [7, 11) is 0. The van der Waals surface area contributed by atoms with E-state index in [0.717, 1.165) is 0 Å². The monoisotopic (exact) mass is 160 g/mol. The quantitative estimate of drug-likeness (QED) is 0.656. The third kappa shape index (κ3) is 2.95. The minimum Gasteiger partial charge on any atom is -0.395 e. The van der Waals surface area contributed by atoms with E-state index < -0.39 is 18.0 Å². The highest BCUT2D eigenvalue weighted by molar-refractivity contribution is 7.99. The number of halogens is 3. The van der Waals surface area contributed by atoms with Crippen LogP contribution in [0, 0.1) is 0 Å². The van der Waals surface area contributed by atoms with Crippen LogP contribution in [0.1, 0.15) is 0 Å². The van der Waals surface area contributed by atoms with E-state index in [2.05, 4.69) is 0 Å². The van der Waals surface area contributed by atoms with E-state index in [4.69, 9.17) is 5.11 Å². The molecule has 0 aliphatic carbocycles. The Morgan fingerprint density at radius 3 is 2.00 bits per heavy atom. The van der Waals surface area contributed by atoms with Gasteiger partial charge in [0.05, 0.1) is 6.61 Å². The second-order valence-electron chi connectivity index (χ2n) is 1.45. The molecular weight excluding hydrogens is 153 g/mol. The van der Waals surface area contributed by atoms with Gasteiger partial charge in [-0.1, -0.05) is 0 Å². The maximum absolute atomic E-state index is 11.5. The lowest BCUT2D eigenvalue weighted by Crippen LogP contribution is -2.28. The summed E-state index contributed by atoms with van der Waals surface area (Å²) >= 11 is 0.602. The average molecular weight is 160 g/mol. The molecule has 0 aliphatic rings. The summed E-state index contributed by atoms with van der Waals surface area (Å²) in [6, 6.07) is 0. The lowest BCUT2D eigenvalue weighted by Gasteiger charge is -2.14. The largest absolute Gasteiger partial charge is 0.402 e. The zero-order valence-electron chi connectivity index (χ0n) is 4.77. The van der Waals surface area contributed by atoms with E-state index >= 15 is 0 Å². The van der Waals surface area contributed by atoms with Gasteiger partial charge in [0, 0.05) is 0 Å². The van der Waals surface area contributed by atoms with Crippen LogP contribution in [0.25, 0.3) is 0 Å². The van der Waals surface area contributed by atoms with Gasteiger partial charge >= 0.3 is 6.18 Å². The lowest BCUT2D eigenvalue weighted by molar-refractivity contribution is -0.134. The summed E-state index contributed by atoms with van der Waals surface area (Å²) in [5.74, 6) is 0. The van der Waals surface area contributed by atoms with E-state index in [1.807, 2.05) is 0 Å². The Hall–Kier alpha value is 0.100. The average Bonchev–Trinajstić information content (AvgIpc) is 1.65. The van der Waals surface area contributed by atoms with Gasteiger partial charge in [0.1, 0.15) is 5.25 Å². The predicted octanol–water partition coefficient (Wildman–Crippen LogP) is 1.27. The molecule has 9 heavy (non-hydrogen) atoms. The molecule has 0 saturated carbocycles. The minimum absolute atomic E-state index is 0.602. The van der Waals surface area contributed by atoms with Crippen LogP contribution in [0.3, 0.4) is 0 Å². The van der Waals surface area contributed by atoms with Gasteiger partial charge in [0.2, 0.25) is 0 Å². The number of aliphatic hydroxyl groups excluding tert-OH is 1. The molecule has 1 nitrogen and oxygen atoms in total. The van der Waals surface area contributed by atoms with Crippen molar-refractivity contribution in [1.29, 1.82) is 0 Å². The second-order valence-corrected chi connectivity index (χ2v) is 2.49. The molecule has 0 aromatic rings. The van der Waals surface area contributed by atoms with Crippen LogP contribution in [0.15, 0.2) is 0 Å². The summed E-state index contributed by atoms with van der Waals surface area (Å²) in [6.45, 7) is -0.843. The maximum Gasteiger partial charge on any atom is 0.402 e. The van der Waals surface area contributed by atoms with Gasteiger partial charge in [0.25, 0.3) is 0 Å². The molecule has 0 fully saturated rings. The minimum atomic E-state index is -4.27. The highest BCUT2D eigenvalue weighted by Crippen LogP contribution is 2.27. The molecule has 0 saturated heterocycles. The molecule has 0 rings (SSSR count). The molecule has 0 bridgehead atoms. The summed E-state index contributed by atoms with van der Waals surface area (Å²) in [5.41, 5.74) is 0. The van der Waals surface area contributed by atoms with Crippen LogP contribution in [0.4, 0.5) is 13.2 Å². The fourth-order valence-electron chi connectivity index (χ4n) is 0.312. The Balaban J connectivity index is 3.79. The molecule has 0 amide bonds. The molecule has 1 atom stereocenters. The second kappa shape index (κ2) is 3.31. The zero-order chi connectivity index (χ0) is 7.49. The van der Waals surface area contributed by atoms with Crippen molar-refractivity contribution < 1.29 is 18.3 Å². The van der Waals surface area contributed by atoms with Crippen molar-refractivity contribution in [1.82, 2.24) is 0 Å². The van der Waals surface area contributed by atoms with Gasteiger partial charge in [0.15, 0.2) is 0 Å². The Kier molecular flexibility index (Phi) is 3.35. The van der Waals surface area contributed by atoms with Gasteiger partial charge in [-0.05, 0) is 6.26 Å². The molecule has 0 aromatic heterocycles. The molecule has 5 heteroatoms. The smallest absolute Gasteiger partial charge is 0.395 e. The Labute approximate surface area is 55.2 Å². The summed E-state index contributed by atoms with van der Waals surface area (Å²) < 4.78 is 34.6. The van der Waals surface area contributed by atoms with Crippen molar-refractivity contribution in [2.75, 3.05) is 12.9 Å². The number of aliphatic hydroxyl groups is 1. The SMILES string of the molecule is CSC(CO)C(F)(F)F. The molecule has 0 radical (unpaired) electrons. The molecule has 1 N–H and O–H groups in total. The van der Waals surface area contributed by atoms with Crippen LogP contribution in [-0.4, -0.2) is 29.4 Å². The number of alkyl halides is 3. The van der Waals surface area contributed by atoms with Crippen molar-refractivity contribution in [3.05, 3.63) is 0 Å². The van der Waals surface area contributed by atoms with Crippen LogP contribution < -0.4 is 0 Å². The Bertz CT molecular complexity index is 78.4. The molecule has 0 spiro atoms. The van der Waals surface area contributed by atoms with Crippen molar-refractivity contribution >= 4 is 11.8 Å². The van der Waals surface area contributed by atoms with Crippen LogP contribution in [0.5, 0.6) is 0 Å². The predicted molar refractivity (Wildman–Crippen MR) is 30.4 cm³/mol. The summed E-state index contributed by atoms with van der Waals surface area (Å²) in [6.07, 6.45) is -2.96. The lowest BCUT2D eigenvalue weighted by atomic mass is 10.4. The Morgan fingerprint density at radius 2 is 2.00 bits per heavy atom. The van der Waals surface area contributed by atoms with Gasteiger partial charge < -0.3 is 5.11 Å².